The fraction of sp³-hybridized carbons (Fsp3) is 0.364. The van der Waals surface area contributed by atoms with Gasteiger partial charge in [0.25, 0.3) is 0 Å². The molecular formula is C22H27N5O9S. The fourth-order valence-electron chi connectivity index (χ4n) is 3.40. The van der Waals surface area contributed by atoms with Crippen LogP contribution in [0.4, 0.5) is 0 Å². The van der Waals surface area contributed by atoms with Crippen molar-refractivity contribution in [3.63, 3.8) is 0 Å². The van der Waals surface area contributed by atoms with Gasteiger partial charge < -0.3 is 42.0 Å². The van der Waals surface area contributed by atoms with E-state index in [4.69, 9.17) is 10.8 Å². The van der Waals surface area contributed by atoms with Crippen LogP contribution in [-0.2, 0) is 35.2 Å². The molecule has 0 aliphatic carbocycles. The summed E-state index contributed by atoms with van der Waals surface area (Å²) in [6.07, 6.45) is -0.125. The first-order valence-corrected chi connectivity index (χ1v) is 11.5. The Labute approximate surface area is 215 Å². The molecule has 2 rings (SSSR count). The first-order valence-electron chi connectivity index (χ1n) is 10.9. The molecule has 1 aromatic heterocycles. The molecule has 1 heterocycles. The number of amides is 3. The minimum atomic E-state index is -1.69. The molecule has 200 valence electrons. The summed E-state index contributed by atoms with van der Waals surface area (Å²) in [4.78, 5) is 74.4. The average Bonchev–Trinajstić information content (AvgIpc) is 3.23. The molecule has 2 aromatic rings. The van der Waals surface area contributed by atoms with E-state index in [0.717, 1.165) is 10.9 Å². The molecule has 0 aliphatic rings. The highest BCUT2D eigenvalue weighted by molar-refractivity contribution is 7.80. The summed E-state index contributed by atoms with van der Waals surface area (Å²) in [6.45, 7) is 0. The predicted molar refractivity (Wildman–Crippen MR) is 132 cm³/mol. The smallest absolute Gasteiger partial charge is 0.326 e. The number of hydrogen-bond donors (Lipinski definition) is 9. The van der Waals surface area contributed by atoms with E-state index in [1.807, 2.05) is 0 Å². The van der Waals surface area contributed by atoms with Gasteiger partial charge in [0.05, 0.1) is 18.9 Å². The van der Waals surface area contributed by atoms with Crippen LogP contribution in [0.25, 0.3) is 10.9 Å². The Morgan fingerprint density at radius 1 is 0.838 bits per heavy atom. The lowest BCUT2D eigenvalue weighted by molar-refractivity contribution is -0.143. The van der Waals surface area contributed by atoms with Crippen LogP contribution in [0.1, 0.15) is 18.4 Å². The number of carbonyl (C=O) groups is 6. The maximum atomic E-state index is 12.8. The van der Waals surface area contributed by atoms with E-state index < -0.39 is 72.6 Å². The van der Waals surface area contributed by atoms with E-state index in [1.54, 1.807) is 30.5 Å². The van der Waals surface area contributed by atoms with Crippen molar-refractivity contribution in [2.45, 2.75) is 43.4 Å². The van der Waals surface area contributed by atoms with Crippen molar-refractivity contribution in [2.75, 3.05) is 5.75 Å². The van der Waals surface area contributed by atoms with E-state index in [9.17, 15) is 39.0 Å². The van der Waals surface area contributed by atoms with Gasteiger partial charge in [-0.1, -0.05) is 18.2 Å². The molecule has 0 radical (unpaired) electrons. The molecule has 4 atom stereocenters. The lowest BCUT2D eigenvalue weighted by Gasteiger charge is -2.23. The van der Waals surface area contributed by atoms with Gasteiger partial charge in [0.1, 0.15) is 18.1 Å². The zero-order valence-corrected chi connectivity index (χ0v) is 20.2. The lowest BCUT2D eigenvalue weighted by atomic mass is 10.0. The number of aliphatic carboxylic acids is 3. The van der Waals surface area contributed by atoms with Gasteiger partial charge in [-0.15, -0.1) is 0 Å². The van der Waals surface area contributed by atoms with Crippen LogP contribution < -0.4 is 21.7 Å². The minimum absolute atomic E-state index is 0.129. The number of nitrogens with two attached hydrogens (primary N) is 1. The van der Waals surface area contributed by atoms with Gasteiger partial charge in [-0.3, -0.25) is 24.0 Å². The molecule has 1 aromatic carbocycles. The minimum Gasteiger partial charge on any atom is -0.481 e. The summed E-state index contributed by atoms with van der Waals surface area (Å²) in [6, 6.07) is 1.11. The van der Waals surface area contributed by atoms with E-state index in [-0.39, 0.29) is 12.2 Å². The number of rotatable bonds is 14. The Kier molecular flexibility index (Phi) is 10.4. The monoisotopic (exact) mass is 537 g/mol. The molecule has 4 unspecified atom stereocenters. The highest BCUT2D eigenvalue weighted by Gasteiger charge is 2.31. The third-order valence-electron chi connectivity index (χ3n) is 5.27. The second-order valence-electron chi connectivity index (χ2n) is 8.07. The van der Waals surface area contributed by atoms with Crippen molar-refractivity contribution in [3.8, 4) is 0 Å². The Hall–Kier alpha value is -4.11. The van der Waals surface area contributed by atoms with Gasteiger partial charge in [-0.05, 0) is 11.6 Å². The van der Waals surface area contributed by atoms with Crippen LogP contribution in [0.5, 0.6) is 0 Å². The SMILES string of the molecule is NC(CC(=O)O)C(=O)NC(CS)C(=O)NC(CC(=O)O)C(=O)NC(Cc1c[nH]c2ccccc12)C(=O)O. The summed E-state index contributed by atoms with van der Waals surface area (Å²) in [5.74, 6) is -7.53. The van der Waals surface area contributed by atoms with E-state index in [0.29, 0.717) is 5.56 Å². The van der Waals surface area contributed by atoms with Gasteiger partial charge in [-0.2, -0.15) is 12.6 Å². The topological polar surface area (TPSA) is 241 Å². The number of carboxylic acids is 3. The maximum absolute atomic E-state index is 12.8. The number of aromatic nitrogens is 1. The number of hydrogen-bond acceptors (Lipinski definition) is 8. The second-order valence-corrected chi connectivity index (χ2v) is 8.44. The van der Waals surface area contributed by atoms with Gasteiger partial charge in [0, 0.05) is 29.3 Å². The van der Waals surface area contributed by atoms with Crippen molar-refractivity contribution < 1.29 is 44.1 Å². The molecule has 0 saturated heterocycles. The Bertz CT molecular complexity index is 1180. The van der Waals surface area contributed by atoms with Crippen LogP contribution in [0, 0.1) is 0 Å². The lowest BCUT2D eigenvalue weighted by Crippen LogP contribution is -2.58. The Balaban J connectivity index is 2.13. The molecule has 15 heteroatoms. The molecule has 0 aliphatic heterocycles. The fourth-order valence-corrected chi connectivity index (χ4v) is 3.66. The number of fused-ring (bicyclic) bond motifs is 1. The molecule has 0 fully saturated rings. The summed E-state index contributed by atoms with van der Waals surface area (Å²) in [7, 11) is 0. The van der Waals surface area contributed by atoms with Crippen LogP contribution in [0.15, 0.2) is 30.5 Å². The molecule has 3 amide bonds. The number of benzene rings is 1. The van der Waals surface area contributed by atoms with Gasteiger partial charge in [0.2, 0.25) is 17.7 Å². The molecule has 14 nitrogen and oxygen atoms in total. The van der Waals surface area contributed by atoms with Gasteiger partial charge in [0.15, 0.2) is 0 Å². The van der Waals surface area contributed by atoms with Crippen LogP contribution in [0.2, 0.25) is 0 Å². The predicted octanol–water partition coefficient (Wildman–Crippen LogP) is -1.54. The number of H-pyrrole nitrogens is 1. The van der Waals surface area contributed by atoms with Gasteiger partial charge in [-0.25, -0.2) is 4.79 Å². The quantitative estimate of drug-likeness (QED) is 0.126. The number of carbonyl (C=O) groups excluding carboxylic acids is 3. The number of aromatic amines is 1. The van der Waals surface area contributed by atoms with Crippen molar-refractivity contribution >= 4 is 59.2 Å². The summed E-state index contributed by atoms with van der Waals surface area (Å²) >= 11 is 3.94. The van der Waals surface area contributed by atoms with Crippen LogP contribution in [0.3, 0.4) is 0 Å². The molecule has 0 spiro atoms. The summed E-state index contributed by atoms with van der Waals surface area (Å²) in [5.41, 5.74) is 6.81. The zero-order valence-electron chi connectivity index (χ0n) is 19.3. The van der Waals surface area contributed by atoms with E-state index in [1.165, 1.54) is 0 Å². The van der Waals surface area contributed by atoms with Gasteiger partial charge >= 0.3 is 17.9 Å². The number of thiol groups is 1. The van der Waals surface area contributed by atoms with E-state index in [2.05, 4.69) is 33.6 Å². The highest BCUT2D eigenvalue weighted by atomic mass is 32.1. The zero-order chi connectivity index (χ0) is 27.7. The Morgan fingerprint density at radius 3 is 2.00 bits per heavy atom. The van der Waals surface area contributed by atoms with Crippen molar-refractivity contribution in [1.82, 2.24) is 20.9 Å². The molecule has 9 N–H and O–H groups in total. The number of nitrogens with one attached hydrogen (secondary N) is 4. The van der Waals surface area contributed by atoms with E-state index >= 15 is 0 Å². The molecule has 37 heavy (non-hydrogen) atoms. The average molecular weight is 538 g/mol. The largest absolute Gasteiger partial charge is 0.481 e. The standard InChI is InChI=1S/C22H27N5O9S/c23-12(6-17(28)29)19(32)27-16(9-37)21(34)25-14(7-18(30)31)20(33)26-15(22(35)36)5-10-8-24-13-4-2-1-3-11(10)13/h1-4,8,12,14-16,24,37H,5-7,9,23H2,(H,25,34)(H,26,33)(H,27,32)(H,28,29)(H,30,31)(H,35,36). The first-order chi connectivity index (χ1) is 17.4. The first kappa shape index (κ1) is 29.1. The normalized spacial score (nSPS) is 14.1. The third kappa shape index (κ3) is 8.50. The van der Waals surface area contributed by atoms with Crippen LogP contribution in [-0.4, -0.2) is 85.9 Å². The second kappa shape index (κ2) is 13.3. The van der Waals surface area contributed by atoms with Crippen molar-refractivity contribution in [1.29, 1.82) is 0 Å². The molecule has 0 bridgehead atoms. The Morgan fingerprint density at radius 2 is 1.41 bits per heavy atom. The summed E-state index contributed by atoms with van der Waals surface area (Å²) in [5, 5.41) is 34.9. The molecular weight excluding hydrogens is 510 g/mol. The van der Waals surface area contributed by atoms with Crippen molar-refractivity contribution in [2.24, 2.45) is 5.73 Å². The number of para-hydroxylation sites is 1. The maximum Gasteiger partial charge on any atom is 0.326 e. The molecule has 0 saturated carbocycles. The van der Waals surface area contributed by atoms with Crippen LogP contribution >= 0.6 is 12.6 Å². The third-order valence-corrected chi connectivity index (χ3v) is 5.64. The number of carboxylic acid groups (broad SMARTS) is 3. The van der Waals surface area contributed by atoms with Crippen molar-refractivity contribution in [3.05, 3.63) is 36.0 Å². The highest BCUT2D eigenvalue weighted by Crippen LogP contribution is 2.19. The summed E-state index contributed by atoms with van der Waals surface area (Å²) < 4.78 is 0.